The van der Waals surface area contributed by atoms with Gasteiger partial charge in [0.1, 0.15) is 5.75 Å². The second kappa shape index (κ2) is 10.7. The highest BCUT2D eigenvalue weighted by Crippen LogP contribution is 2.43. The van der Waals surface area contributed by atoms with E-state index in [1.807, 2.05) is 0 Å². The van der Waals surface area contributed by atoms with E-state index in [0.717, 1.165) is 19.2 Å². The fraction of sp³-hybridized carbons (Fsp3) is 0.320. The molecule has 2 aromatic rings. The summed E-state index contributed by atoms with van der Waals surface area (Å²) in [4.78, 5) is 12.8. The largest absolute Gasteiger partial charge is 0.497 e. The third-order valence-corrected chi connectivity index (χ3v) is 4.59. The minimum absolute atomic E-state index is 0.380. The molecule has 0 aliphatic heterocycles. The van der Waals surface area contributed by atoms with Gasteiger partial charge in [0.15, 0.2) is 6.10 Å². The second-order valence-electron chi connectivity index (χ2n) is 7.07. The lowest BCUT2D eigenvalue weighted by molar-refractivity contribution is -0.277. The summed E-state index contributed by atoms with van der Waals surface area (Å²) < 4.78 is 57.1. The highest BCUT2D eigenvalue weighted by Gasteiger charge is 2.64. The van der Waals surface area contributed by atoms with Gasteiger partial charge in [-0.05, 0) is 42.0 Å². The van der Waals surface area contributed by atoms with Crippen LogP contribution in [0.1, 0.15) is 25.0 Å². The number of rotatable bonds is 6. The minimum Gasteiger partial charge on any atom is -0.497 e. The van der Waals surface area contributed by atoms with Crippen LogP contribution in [0.2, 0.25) is 0 Å². The van der Waals surface area contributed by atoms with E-state index < -0.39 is 23.9 Å². The summed E-state index contributed by atoms with van der Waals surface area (Å²) in [7, 11) is 2.37. The zero-order valence-corrected chi connectivity index (χ0v) is 18.1. The van der Waals surface area contributed by atoms with Gasteiger partial charge >= 0.3 is 12.1 Å². The molecule has 0 radical (unpaired) electrons. The van der Waals surface area contributed by atoms with Gasteiger partial charge in [0.25, 0.3) is 5.60 Å². The van der Waals surface area contributed by atoms with E-state index in [4.69, 9.17) is 14.2 Å². The van der Waals surface area contributed by atoms with Gasteiger partial charge in [-0.1, -0.05) is 50.1 Å². The van der Waals surface area contributed by atoms with Crippen LogP contribution in [0.3, 0.4) is 0 Å². The van der Waals surface area contributed by atoms with Crippen LogP contribution in [0.25, 0.3) is 0 Å². The number of esters is 1. The monoisotopic (exact) mass is 444 g/mol. The van der Waals surface area contributed by atoms with Gasteiger partial charge in [-0.15, -0.1) is 0 Å². The third-order valence-electron chi connectivity index (χ3n) is 4.59. The molecular formula is C25H23F3O4. The molecule has 0 unspecified atom stereocenters. The molecule has 0 fully saturated rings. The normalized spacial score (nSPS) is 13.6. The smallest absolute Gasteiger partial charge is 0.432 e. The van der Waals surface area contributed by atoms with E-state index in [1.165, 1.54) is 18.2 Å². The molecule has 2 atom stereocenters. The first kappa shape index (κ1) is 24.8. The minimum atomic E-state index is -5.05. The molecule has 0 N–H and O–H groups in total. The Morgan fingerprint density at radius 1 is 0.938 bits per heavy atom. The Kier molecular flexibility index (Phi) is 8.34. The Morgan fingerprint density at radius 2 is 1.56 bits per heavy atom. The van der Waals surface area contributed by atoms with E-state index in [2.05, 4.69) is 23.7 Å². The Hall–Kier alpha value is -3.42. The summed E-state index contributed by atoms with van der Waals surface area (Å²) in [5, 5.41) is 0. The lowest BCUT2D eigenvalue weighted by Crippen LogP contribution is -2.52. The zero-order chi connectivity index (χ0) is 23.8. The quantitative estimate of drug-likeness (QED) is 0.478. The molecule has 32 heavy (non-hydrogen) atoms. The molecule has 0 heterocycles. The SMILES string of the molecule is COc1ccc(C#CC#C[C@@H](OC(=O)[C@](OC)(c2ccccc2)C(F)(F)F)C(C)C)cc1. The first-order chi connectivity index (χ1) is 15.2. The maximum atomic E-state index is 14.0. The highest BCUT2D eigenvalue weighted by molar-refractivity contribution is 5.83. The standard InChI is InChI=1S/C25H23F3O4/c1-18(2)22(13-9-8-10-19-14-16-21(30-3)17-15-19)32-23(29)24(31-4,25(26,27)28)20-11-6-5-7-12-20/h5-7,11-12,14-18,22H,1-4H3/t22-,24-/m1/s1. The highest BCUT2D eigenvalue weighted by atomic mass is 19.4. The molecule has 4 nitrogen and oxygen atoms in total. The number of alkyl halides is 3. The first-order valence-corrected chi connectivity index (χ1v) is 9.69. The van der Waals surface area contributed by atoms with Crippen molar-refractivity contribution in [3.05, 3.63) is 65.7 Å². The summed E-state index contributed by atoms with van der Waals surface area (Å²) in [6, 6.07) is 13.6. The third kappa shape index (κ3) is 5.63. The Bertz CT molecular complexity index is 1020. The topological polar surface area (TPSA) is 44.8 Å². The number of methoxy groups -OCH3 is 2. The summed E-state index contributed by atoms with van der Waals surface area (Å²) in [5.74, 6) is 9.32. The summed E-state index contributed by atoms with van der Waals surface area (Å²) in [6.07, 6.45) is -6.17. The van der Waals surface area contributed by atoms with Crippen molar-refractivity contribution in [1.82, 2.24) is 0 Å². The number of ether oxygens (including phenoxy) is 3. The van der Waals surface area contributed by atoms with Crippen LogP contribution in [0.4, 0.5) is 13.2 Å². The lowest BCUT2D eigenvalue weighted by atomic mass is 9.92. The number of halogens is 3. The van der Waals surface area contributed by atoms with Gasteiger partial charge in [0.05, 0.1) is 7.11 Å². The predicted octanol–water partition coefficient (Wildman–Crippen LogP) is 4.72. The Labute approximate surface area is 185 Å². The molecule has 2 aromatic carbocycles. The molecule has 0 spiro atoms. The van der Waals surface area contributed by atoms with Crippen molar-refractivity contribution >= 4 is 5.97 Å². The van der Waals surface area contributed by atoms with Gasteiger partial charge in [0.2, 0.25) is 0 Å². The molecule has 0 saturated heterocycles. The molecule has 0 bridgehead atoms. The number of hydrogen-bond donors (Lipinski definition) is 0. The van der Waals surface area contributed by atoms with Crippen LogP contribution < -0.4 is 4.74 Å². The molecule has 7 heteroatoms. The van der Waals surface area contributed by atoms with E-state index >= 15 is 0 Å². The van der Waals surface area contributed by atoms with Crippen LogP contribution >= 0.6 is 0 Å². The molecule has 0 amide bonds. The van der Waals surface area contributed by atoms with Gasteiger partial charge < -0.3 is 14.2 Å². The molecule has 0 aliphatic rings. The van der Waals surface area contributed by atoms with Crippen LogP contribution in [0.15, 0.2) is 54.6 Å². The van der Waals surface area contributed by atoms with Crippen LogP contribution in [-0.4, -0.2) is 32.5 Å². The average molecular weight is 444 g/mol. The van der Waals surface area contributed by atoms with Crippen molar-refractivity contribution in [3.8, 4) is 29.4 Å². The van der Waals surface area contributed by atoms with Crippen molar-refractivity contribution in [2.75, 3.05) is 14.2 Å². The van der Waals surface area contributed by atoms with Gasteiger partial charge in [-0.25, -0.2) is 4.79 Å². The summed E-state index contributed by atoms with van der Waals surface area (Å²) >= 11 is 0. The Morgan fingerprint density at radius 3 is 2.06 bits per heavy atom. The molecular weight excluding hydrogens is 421 g/mol. The maximum absolute atomic E-state index is 14.0. The van der Waals surface area contributed by atoms with Crippen LogP contribution in [0.5, 0.6) is 5.75 Å². The molecule has 0 aromatic heterocycles. The van der Waals surface area contributed by atoms with Crippen molar-refractivity contribution in [2.45, 2.75) is 31.7 Å². The molecule has 0 saturated carbocycles. The van der Waals surface area contributed by atoms with E-state index in [9.17, 15) is 18.0 Å². The van der Waals surface area contributed by atoms with Crippen molar-refractivity contribution in [2.24, 2.45) is 5.92 Å². The Balaban J connectivity index is 2.29. The number of benzene rings is 2. The average Bonchev–Trinajstić information content (AvgIpc) is 2.76. The second-order valence-corrected chi connectivity index (χ2v) is 7.07. The lowest BCUT2D eigenvalue weighted by Gasteiger charge is -2.33. The predicted molar refractivity (Wildman–Crippen MR) is 114 cm³/mol. The van der Waals surface area contributed by atoms with Crippen molar-refractivity contribution in [3.63, 3.8) is 0 Å². The fourth-order valence-corrected chi connectivity index (χ4v) is 2.80. The van der Waals surface area contributed by atoms with Crippen molar-refractivity contribution < 1.29 is 32.2 Å². The number of hydrogen-bond acceptors (Lipinski definition) is 4. The van der Waals surface area contributed by atoms with Gasteiger partial charge in [-0.2, -0.15) is 13.2 Å². The maximum Gasteiger partial charge on any atom is 0.432 e. The molecule has 0 aliphatic carbocycles. The fourth-order valence-electron chi connectivity index (χ4n) is 2.80. The van der Waals surface area contributed by atoms with Gasteiger partial charge in [-0.3, -0.25) is 0 Å². The molecule has 168 valence electrons. The number of carbonyl (C=O) groups is 1. The molecule has 2 rings (SSSR count). The first-order valence-electron chi connectivity index (χ1n) is 9.69. The number of carbonyl (C=O) groups excluding carboxylic acids is 1. The van der Waals surface area contributed by atoms with Crippen LogP contribution in [-0.2, 0) is 19.9 Å². The van der Waals surface area contributed by atoms with Crippen LogP contribution in [0, 0.1) is 29.6 Å². The van der Waals surface area contributed by atoms with E-state index in [1.54, 1.807) is 45.2 Å². The van der Waals surface area contributed by atoms with Gasteiger partial charge in [0, 0.05) is 24.2 Å². The van der Waals surface area contributed by atoms with E-state index in [-0.39, 0.29) is 11.5 Å². The summed E-state index contributed by atoms with van der Waals surface area (Å²) in [5.41, 5.74) is -2.97. The zero-order valence-electron chi connectivity index (χ0n) is 18.1. The van der Waals surface area contributed by atoms with E-state index in [0.29, 0.717) is 11.3 Å². The summed E-state index contributed by atoms with van der Waals surface area (Å²) in [6.45, 7) is 3.35. The van der Waals surface area contributed by atoms with Crippen molar-refractivity contribution in [1.29, 1.82) is 0 Å².